The van der Waals surface area contributed by atoms with E-state index in [-0.39, 0.29) is 22.2 Å². The van der Waals surface area contributed by atoms with Crippen molar-refractivity contribution in [3.8, 4) is 0 Å². The van der Waals surface area contributed by atoms with Crippen molar-refractivity contribution in [2.45, 2.75) is 64.7 Å². The summed E-state index contributed by atoms with van der Waals surface area (Å²) in [7, 11) is 0. The lowest BCUT2D eigenvalue weighted by Crippen LogP contribution is -2.34. The van der Waals surface area contributed by atoms with E-state index < -0.39 is 34.9 Å². The third-order valence-electron chi connectivity index (χ3n) is 6.04. The van der Waals surface area contributed by atoms with Crippen molar-refractivity contribution in [2.24, 2.45) is 11.3 Å². The minimum atomic E-state index is -4.60. The molecular formula is C26H28Cl2F3NO3. The van der Waals surface area contributed by atoms with Crippen molar-refractivity contribution in [2.75, 3.05) is 5.32 Å². The number of rotatable bonds is 7. The lowest BCUT2D eigenvalue weighted by atomic mass is 9.85. The van der Waals surface area contributed by atoms with E-state index in [4.69, 9.17) is 27.9 Å². The van der Waals surface area contributed by atoms with Crippen LogP contribution in [-0.4, -0.2) is 23.7 Å². The Morgan fingerprint density at radius 2 is 1.66 bits per heavy atom. The van der Waals surface area contributed by atoms with Crippen LogP contribution in [0.15, 0.2) is 42.5 Å². The maximum atomic E-state index is 13.6. The van der Waals surface area contributed by atoms with Gasteiger partial charge in [-0.1, -0.05) is 48.3 Å². The molecule has 1 fully saturated rings. The average molecular weight is 530 g/mol. The van der Waals surface area contributed by atoms with Crippen LogP contribution in [0.2, 0.25) is 10.0 Å². The van der Waals surface area contributed by atoms with Crippen LogP contribution in [0.1, 0.15) is 57.6 Å². The van der Waals surface area contributed by atoms with Gasteiger partial charge in [0, 0.05) is 5.02 Å². The molecule has 0 bridgehead atoms. The Kier molecular flexibility index (Phi) is 7.82. The molecule has 0 unspecified atom stereocenters. The Hall–Kier alpha value is -2.25. The molecule has 0 saturated heterocycles. The highest BCUT2D eigenvalue weighted by atomic mass is 35.5. The van der Waals surface area contributed by atoms with E-state index in [1.165, 1.54) is 24.3 Å². The van der Waals surface area contributed by atoms with Crippen LogP contribution in [-0.2, 0) is 20.7 Å². The van der Waals surface area contributed by atoms with Crippen LogP contribution in [0, 0.1) is 11.3 Å². The molecule has 35 heavy (non-hydrogen) atoms. The van der Waals surface area contributed by atoms with Gasteiger partial charge in [0.1, 0.15) is 5.60 Å². The number of ether oxygens (including phenoxy) is 1. The van der Waals surface area contributed by atoms with Crippen LogP contribution >= 0.6 is 23.2 Å². The molecule has 0 aliphatic heterocycles. The number of nitrogens with one attached hydrogen (secondary N) is 1. The molecule has 0 heterocycles. The number of benzene rings is 2. The summed E-state index contributed by atoms with van der Waals surface area (Å²) < 4.78 is 46.4. The van der Waals surface area contributed by atoms with Gasteiger partial charge >= 0.3 is 12.1 Å². The Balaban J connectivity index is 1.84. The Bertz CT molecular complexity index is 1090. The molecule has 3 rings (SSSR count). The first-order chi connectivity index (χ1) is 16.1. The highest BCUT2D eigenvalue weighted by molar-refractivity contribution is 6.33. The summed E-state index contributed by atoms with van der Waals surface area (Å²) >= 11 is 12.1. The van der Waals surface area contributed by atoms with Gasteiger partial charge in [0.15, 0.2) is 0 Å². The highest BCUT2D eigenvalue weighted by Crippen LogP contribution is 2.50. The molecule has 0 spiro atoms. The first-order valence-electron chi connectivity index (χ1n) is 11.3. The van der Waals surface area contributed by atoms with Crippen molar-refractivity contribution in [3.63, 3.8) is 0 Å². The number of carbonyl (C=O) groups is 2. The van der Waals surface area contributed by atoms with Crippen LogP contribution in [0.5, 0.6) is 0 Å². The monoisotopic (exact) mass is 529 g/mol. The zero-order valence-electron chi connectivity index (χ0n) is 19.9. The quantitative estimate of drug-likeness (QED) is 0.376. The first-order valence-corrected chi connectivity index (χ1v) is 12.0. The van der Waals surface area contributed by atoms with Crippen LogP contribution in [0.25, 0.3) is 0 Å². The molecule has 1 N–H and O–H groups in total. The second-order valence-electron chi connectivity index (χ2n) is 10.1. The molecule has 1 saturated carbocycles. The number of carbonyl (C=O) groups excluding carboxylic acids is 2. The van der Waals surface area contributed by atoms with Gasteiger partial charge in [-0.2, -0.15) is 13.2 Å². The molecular weight excluding hydrogens is 502 g/mol. The van der Waals surface area contributed by atoms with E-state index >= 15 is 0 Å². The van der Waals surface area contributed by atoms with E-state index in [0.717, 1.165) is 12.5 Å². The molecule has 2 aromatic rings. The van der Waals surface area contributed by atoms with Crippen molar-refractivity contribution >= 4 is 40.8 Å². The molecule has 4 nitrogen and oxygen atoms in total. The molecule has 2 aromatic carbocycles. The average Bonchev–Trinajstić information content (AvgIpc) is 3.51. The molecule has 0 aromatic heterocycles. The summed E-state index contributed by atoms with van der Waals surface area (Å²) in [6, 6.07) is 10.6. The van der Waals surface area contributed by atoms with Crippen LogP contribution < -0.4 is 5.32 Å². The minimum Gasteiger partial charge on any atom is -0.460 e. The first kappa shape index (κ1) is 27.3. The van der Waals surface area contributed by atoms with Gasteiger partial charge in [-0.25, -0.2) is 0 Å². The van der Waals surface area contributed by atoms with Crippen molar-refractivity contribution in [3.05, 3.63) is 63.6 Å². The van der Waals surface area contributed by atoms with Gasteiger partial charge < -0.3 is 10.1 Å². The lowest BCUT2D eigenvalue weighted by molar-refractivity contribution is -0.178. The summed E-state index contributed by atoms with van der Waals surface area (Å²) in [6.45, 7) is 6.37. The lowest BCUT2D eigenvalue weighted by Gasteiger charge is -2.26. The highest BCUT2D eigenvalue weighted by Gasteiger charge is 2.52. The number of hydrogen-bond donors (Lipinski definition) is 1. The summed E-state index contributed by atoms with van der Waals surface area (Å²) in [5.41, 5.74) is -0.162. The smallest absolute Gasteiger partial charge is 0.392 e. The van der Waals surface area contributed by atoms with Crippen molar-refractivity contribution < 1.29 is 27.5 Å². The third kappa shape index (κ3) is 6.91. The number of halogens is 5. The third-order valence-corrected chi connectivity index (χ3v) is 6.63. The number of alkyl halides is 3. The second kappa shape index (κ2) is 10.0. The maximum Gasteiger partial charge on any atom is 0.392 e. The standard InChI is InChI=1S/C26H28Cl2F3NO3/c1-15(26(29,30)31)21(17-6-8-18(27)9-7-17)22(33)32-20-13-16(5-10-19(20)28)14-25(11-12-25)23(34)35-24(2,3)4/h5-10,13,15,21H,11-12,14H2,1-4H3,(H,32,33)/t15-,21+/m1/s1. The Morgan fingerprint density at radius 1 is 1.06 bits per heavy atom. The fourth-order valence-corrected chi connectivity index (χ4v) is 4.19. The van der Waals surface area contributed by atoms with Gasteiger partial charge in [-0.05, 0) is 75.4 Å². The van der Waals surface area contributed by atoms with Gasteiger partial charge in [-0.15, -0.1) is 0 Å². The zero-order chi connectivity index (χ0) is 26.2. The molecule has 9 heteroatoms. The van der Waals surface area contributed by atoms with Crippen LogP contribution in [0.4, 0.5) is 18.9 Å². The van der Waals surface area contributed by atoms with E-state index in [9.17, 15) is 22.8 Å². The van der Waals surface area contributed by atoms with E-state index in [1.807, 2.05) is 0 Å². The summed E-state index contributed by atoms with van der Waals surface area (Å²) in [5.74, 6) is -4.59. The molecule has 0 radical (unpaired) electrons. The minimum absolute atomic E-state index is 0.179. The predicted molar refractivity (Wildman–Crippen MR) is 131 cm³/mol. The van der Waals surface area contributed by atoms with Gasteiger partial charge in [0.25, 0.3) is 0 Å². The molecule has 2 atom stereocenters. The summed E-state index contributed by atoms with van der Waals surface area (Å²) in [5, 5.41) is 3.10. The molecule has 1 aliphatic rings. The summed E-state index contributed by atoms with van der Waals surface area (Å²) in [6.07, 6.45) is -2.87. The van der Waals surface area contributed by atoms with Crippen molar-refractivity contribution in [1.82, 2.24) is 0 Å². The topological polar surface area (TPSA) is 55.4 Å². The van der Waals surface area contributed by atoms with Crippen molar-refractivity contribution in [1.29, 1.82) is 0 Å². The fraction of sp³-hybridized carbons (Fsp3) is 0.462. The number of amides is 1. The Morgan fingerprint density at radius 3 is 2.17 bits per heavy atom. The normalized spacial score (nSPS) is 16.8. The number of anilines is 1. The van der Waals surface area contributed by atoms with Gasteiger partial charge in [-0.3, -0.25) is 9.59 Å². The molecule has 1 amide bonds. The SMILES string of the molecule is C[C@H]([C@H](C(=O)Nc1cc(CC2(C(=O)OC(C)(C)C)CC2)ccc1Cl)c1ccc(Cl)cc1)C(F)(F)F. The Labute approximate surface area is 213 Å². The molecule has 190 valence electrons. The number of esters is 1. The summed E-state index contributed by atoms with van der Waals surface area (Å²) in [4.78, 5) is 25.8. The fourth-order valence-electron chi connectivity index (χ4n) is 3.90. The largest absolute Gasteiger partial charge is 0.460 e. The maximum absolute atomic E-state index is 13.6. The van der Waals surface area contributed by atoms with Gasteiger partial charge in [0.2, 0.25) is 5.91 Å². The second-order valence-corrected chi connectivity index (χ2v) is 11.0. The molecule has 1 aliphatic carbocycles. The van der Waals surface area contributed by atoms with E-state index in [1.54, 1.807) is 39.0 Å². The van der Waals surface area contributed by atoms with E-state index in [0.29, 0.717) is 24.3 Å². The van der Waals surface area contributed by atoms with Gasteiger partial charge in [0.05, 0.1) is 28.0 Å². The predicted octanol–water partition coefficient (Wildman–Crippen LogP) is 7.58. The van der Waals surface area contributed by atoms with Crippen LogP contribution in [0.3, 0.4) is 0 Å². The van der Waals surface area contributed by atoms with E-state index in [2.05, 4.69) is 5.32 Å². The zero-order valence-corrected chi connectivity index (χ0v) is 21.4. The number of hydrogen-bond acceptors (Lipinski definition) is 3.